The largest absolute Gasteiger partial charge is 0.389 e. The number of nitrogens with two attached hydrogens (primary N) is 1. The molecule has 0 radical (unpaired) electrons. The topological polar surface area (TPSA) is 32.5 Å². The highest BCUT2D eigenvalue weighted by Gasteiger charge is 2.23. The van der Waals surface area contributed by atoms with Crippen molar-refractivity contribution in [3.63, 3.8) is 0 Å². The summed E-state index contributed by atoms with van der Waals surface area (Å²) in [5, 5.41) is 0. The molecule has 0 aliphatic carbocycles. The fourth-order valence-corrected chi connectivity index (χ4v) is 3.22. The maximum atomic E-state index is 5.91. The van der Waals surface area contributed by atoms with Crippen molar-refractivity contribution in [2.24, 2.45) is 5.73 Å². The molecule has 3 rings (SSSR count). The normalized spacial score (nSPS) is 14.0. The lowest BCUT2D eigenvalue weighted by Crippen LogP contribution is -2.37. The van der Waals surface area contributed by atoms with Crippen LogP contribution in [0.5, 0.6) is 0 Å². The summed E-state index contributed by atoms with van der Waals surface area (Å²) in [5.41, 5.74) is 10.3. The van der Waals surface area contributed by atoms with Crippen LogP contribution in [0.3, 0.4) is 0 Å². The number of nitrogens with zero attached hydrogens (tertiary/aromatic N) is 2. The Hall–Kier alpha value is -1.59. The van der Waals surface area contributed by atoms with E-state index in [-0.39, 0.29) is 0 Å². The Morgan fingerprint density at radius 2 is 1.81 bits per heavy atom. The SMILES string of the molecule is CN1CCN(c2ccc(Br)cc2C(N)=S)c2ccccc21. The first-order valence-electron chi connectivity index (χ1n) is 6.75. The number of fused-ring (bicyclic) bond motifs is 1. The maximum Gasteiger partial charge on any atom is 0.106 e. The molecule has 108 valence electrons. The Morgan fingerprint density at radius 1 is 1.10 bits per heavy atom. The molecule has 0 aromatic heterocycles. The highest BCUT2D eigenvalue weighted by atomic mass is 79.9. The van der Waals surface area contributed by atoms with E-state index in [2.05, 4.69) is 63.1 Å². The molecule has 0 bridgehead atoms. The number of likely N-dealkylation sites (N-methyl/N-ethyl adjacent to an activating group) is 1. The van der Waals surface area contributed by atoms with Crippen molar-refractivity contribution in [1.82, 2.24) is 0 Å². The third-order valence-electron chi connectivity index (χ3n) is 3.76. The summed E-state index contributed by atoms with van der Waals surface area (Å²) in [6.07, 6.45) is 0. The predicted octanol–water partition coefficient (Wildman–Crippen LogP) is 3.67. The van der Waals surface area contributed by atoms with E-state index in [1.165, 1.54) is 11.4 Å². The third-order valence-corrected chi connectivity index (χ3v) is 4.47. The van der Waals surface area contributed by atoms with Crippen LogP contribution < -0.4 is 15.5 Å². The van der Waals surface area contributed by atoms with Crippen LogP contribution in [0.1, 0.15) is 5.56 Å². The van der Waals surface area contributed by atoms with Gasteiger partial charge in [0.2, 0.25) is 0 Å². The van der Waals surface area contributed by atoms with Gasteiger partial charge in [0.15, 0.2) is 0 Å². The van der Waals surface area contributed by atoms with E-state index in [0.717, 1.165) is 28.8 Å². The molecule has 0 unspecified atom stereocenters. The van der Waals surface area contributed by atoms with Crippen LogP contribution >= 0.6 is 28.1 Å². The molecule has 0 saturated heterocycles. The van der Waals surface area contributed by atoms with Gasteiger partial charge in [-0.05, 0) is 30.3 Å². The first-order valence-corrected chi connectivity index (χ1v) is 7.95. The molecule has 0 amide bonds. The van der Waals surface area contributed by atoms with Crippen LogP contribution in [0.4, 0.5) is 17.1 Å². The second kappa shape index (κ2) is 5.66. The van der Waals surface area contributed by atoms with Gasteiger partial charge in [-0.1, -0.05) is 40.3 Å². The lowest BCUT2D eigenvalue weighted by atomic mass is 10.1. The Kier molecular flexibility index (Phi) is 3.87. The average molecular weight is 362 g/mol. The zero-order valence-electron chi connectivity index (χ0n) is 11.7. The molecule has 2 N–H and O–H groups in total. The second-order valence-electron chi connectivity index (χ2n) is 5.09. The number of anilines is 3. The molecule has 2 aromatic carbocycles. The molecule has 21 heavy (non-hydrogen) atoms. The number of rotatable bonds is 2. The van der Waals surface area contributed by atoms with Crippen molar-refractivity contribution >= 4 is 50.2 Å². The van der Waals surface area contributed by atoms with Gasteiger partial charge in [-0.2, -0.15) is 0 Å². The molecule has 2 aromatic rings. The van der Waals surface area contributed by atoms with E-state index in [1.54, 1.807) is 0 Å². The number of thiocarbonyl (C=S) groups is 1. The lowest BCUT2D eigenvalue weighted by molar-refractivity contribution is 0.821. The summed E-state index contributed by atoms with van der Waals surface area (Å²) in [4.78, 5) is 4.98. The van der Waals surface area contributed by atoms with E-state index in [9.17, 15) is 0 Å². The highest BCUT2D eigenvalue weighted by Crippen LogP contribution is 2.38. The van der Waals surface area contributed by atoms with Crippen molar-refractivity contribution in [2.75, 3.05) is 29.9 Å². The summed E-state index contributed by atoms with van der Waals surface area (Å²) in [7, 11) is 2.12. The number of para-hydroxylation sites is 2. The van der Waals surface area contributed by atoms with Crippen molar-refractivity contribution in [3.8, 4) is 0 Å². The molecular formula is C16H16BrN3S. The van der Waals surface area contributed by atoms with E-state index >= 15 is 0 Å². The van der Waals surface area contributed by atoms with Gasteiger partial charge in [0.05, 0.1) is 17.1 Å². The van der Waals surface area contributed by atoms with Gasteiger partial charge in [-0.25, -0.2) is 0 Å². The first-order chi connectivity index (χ1) is 10.1. The summed E-state index contributed by atoms with van der Waals surface area (Å²) in [5.74, 6) is 0. The molecule has 5 heteroatoms. The molecule has 0 fully saturated rings. The number of hydrogen-bond acceptors (Lipinski definition) is 3. The summed E-state index contributed by atoms with van der Waals surface area (Å²) in [6.45, 7) is 1.87. The Bertz CT molecular complexity index is 702. The van der Waals surface area contributed by atoms with Crippen LogP contribution in [0.25, 0.3) is 0 Å². The molecule has 1 heterocycles. The minimum atomic E-state index is 0.419. The average Bonchev–Trinajstić information content (AvgIpc) is 2.48. The molecule has 0 atom stereocenters. The van der Waals surface area contributed by atoms with Gasteiger partial charge in [0.25, 0.3) is 0 Å². The smallest absolute Gasteiger partial charge is 0.106 e. The lowest BCUT2D eigenvalue weighted by Gasteiger charge is -2.37. The fraction of sp³-hybridized carbons (Fsp3) is 0.188. The third kappa shape index (κ3) is 2.63. The van der Waals surface area contributed by atoms with Crippen LogP contribution in [-0.2, 0) is 0 Å². The van der Waals surface area contributed by atoms with Crippen molar-refractivity contribution in [2.45, 2.75) is 0 Å². The minimum absolute atomic E-state index is 0.419. The molecule has 3 nitrogen and oxygen atoms in total. The predicted molar refractivity (Wildman–Crippen MR) is 96.7 cm³/mol. The van der Waals surface area contributed by atoms with Gasteiger partial charge >= 0.3 is 0 Å². The fourth-order valence-electron chi connectivity index (χ4n) is 2.70. The maximum absolute atomic E-state index is 5.91. The summed E-state index contributed by atoms with van der Waals surface area (Å²) < 4.78 is 0.983. The van der Waals surface area contributed by atoms with Gasteiger partial charge in [-0.15, -0.1) is 0 Å². The Morgan fingerprint density at radius 3 is 2.52 bits per heavy atom. The summed E-state index contributed by atoms with van der Waals surface area (Å²) in [6, 6.07) is 14.5. The second-order valence-corrected chi connectivity index (χ2v) is 6.44. The summed E-state index contributed by atoms with van der Waals surface area (Å²) >= 11 is 8.71. The first kappa shape index (κ1) is 14.4. The molecule has 1 aliphatic rings. The van der Waals surface area contributed by atoms with Gasteiger partial charge < -0.3 is 15.5 Å². The molecule has 1 aliphatic heterocycles. The van der Waals surface area contributed by atoms with Crippen LogP contribution in [0.2, 0.25) is 0 Å². The number of hydrogen-bond donors (Lipinski definition) is 1. The number of benzene rings is 2. The zero-order valence-corrected chi connectivity index (χ0v) is 14.1. The molecule has 0 spiro atoms. The quantitative estimate of drug-likeness (QED) is 0.827. The standard InChI is InChI=1S/C16H16BrN3S/c1-19-8-9-20(15-5-3-2-4-14(15)19)13-7-6-11(17)10-12(13)16(18)21/h2-7,10H,8-9H2,1H3,(H2,18,21). The van der Waals surface area contributed by atoms with Gasteiger partial charge in [-0.3, -0.25) is 0 Å². The van der Waals surface area contributed by atoms with E-state index in [0.29, 0.717) is 4.99 Å². The number of halogens is 1. The van der Waals surface area contributed by atoms with Crippen LogP contribution in [-0.4, -0.2) is 25.1 Å². The zero-order chi connectivity index (χ0) is 15.0. The van der Waals surface area contributed by atoms with Crippen molar-refractivity contribution in [1.29, 1.82) is 0 Å². The monoisotopic (exact) mass is 361 g/mol. The molecular weight excluding hydrogens is 346 g/mol. The van der Waals surface area contributed by atoms with E-state index < -0.39 is 0 Å². The van der Waals surface area contributed by atoms with Gasteiger partial charge in [0.1, 0.15) is 4.99 Å². The van der Waals surface area contributed by atoms with Crippen molar-refractivity contribution in [3.05, 3.63) is 52.5 Å². The van der Waals surface area contributed by atoms with Crippen LogP contribution in [0.15, 0.2) is 46.9 Å². The molecule has 0 saturated carbocycles. The minimum Gasteiger partial charge on any atom is -0.389 e. The Balaban J connectivity index is 2.14. The van der Waals surface area contributed by atoms with Crippen molar-refractivity contribution < 1.29 is 0 Å². The highest BCUT2D eigenvalue weighted by molar-refractivity contribution is 9.10. The van der Waals surface area contributed by atoms with E-state index in [4.69, 9.17) is 18.0 Å². The van der Waals surface area contributed by atoms with E-state index in [1.807, 2.05) is 12.1 Å². The Labute approximate surface area is 138 Å². The van der Waals surface area contributed by atoms with Crippen LogP contribution in [0, 0.1) is 0 Å². The van der Waals surface area contributed by atoms with Gasteiger partial charge in [0, 0.05) is 30.2 Å².